The van der Waals surface area contributed by atoms with E-state index >= 15 is 0 Å². The number of nitrogens with zero attached hydrogens (tertiary/aromatic N) is 1. The van der Waals surface area contributed by atoms with Crippen molar-refractivity contribution in [2.45, 2.75) is 79.7 Å². The van der Waals surface area contributed by atoms with E-state index < -0.39 is 43.4 Å². The van der Waals surface area contributed by atoms with Gasteiger partial charge in [-0.3, -0.25) is 0 Å². The van der Waals surface area contributed by atoms with E-state index in [4.69, 9.17) is 4.74 Å². The summed E-state index contributed by atoms with van der Waals surface area (Å²) in [4.78, 5) is 13.4. The van der Waals surface area contributed by atoms with Crippen LogP contribution in [0.15, 0.2) is 57.2 Å². The number of hydrogen-bond acceptors (Lipinski definition) is 6. The van der Waals surface area contributed by atoms with Gasteiger partial charge in [0.1, 0.15) is 11.4 Å². The van der Waals surface area contributed by atoms with Crippen LogP contribution in [0.2, 0.25) is 0 Å². The molecular formula is C25H33FN2O6S2. The average molecular weight is 541 g/mol. The minimum Gasteiger partial charge on any atom is -0.444 e. The predicted octanol–water partition coefficient (Wildman–Crippen LogP) is 4.46. The van der Waals surface area contributed by atoms with E-state index in [0.717, 1.165) is 30.3 Å². The number of benzene rings is 2. The van der Waals surface area contributed by atoms with Crippen LogP contribution >= 0.6 is 0 Å². The minimum absolute atomic E-state index is 0.116. The van der Waals surface area contributed by atoms with Gasteiger partial charge in [0.15, 0.2) is 0 Å². The molecule has 0 aromatic heterocycles. The van der Waals surface area contributed by atoms with Crippen LogP contribution in [0.25, 0.3) is 0 Å². The number of amides is 1. The molecule has 0 unspecified atom stereocenters. The SMILES string of the molecule is CC(C)c1ccc(S(=O)(=O)c2ccc(F)cc2)cc1S(=O)(=O)NC1CCN(C(=O)OC(C)(C)C)CC1. The van der Waals surface area contributed by atoms with Crippen LogP contribution in [0.1, 0.15) is 58.9 Å². The first kappa shape index (κ1) is 28.1. The highest BCUT2D eigenvalue weighted by Gasteiger charge is 2.31. The first-order valence-corrected chi connectivity index (χ1v) is 14.7. The quantitative estimate of drug-likeness (QED) is 0.542. The average Bonchev–Trinajstić information content (AvgIpc) is 2.78. The zero-order valence-electron chi connectivity index (χ0n) is 21.1. The summed E-state index contributed by atoms with van der Waals surface area (Å²) in [7, 11) is -8.15. The lowest BCUT2D eigenvalue weighted by Crippen LogP contribution is -2.47. The van der Waals surface area contributed by atoms with Gasteiger partial charge in [0.2, 0.25) is 19.9 Å². The molecule has 1 heterocycles. The lowest BCUT2D eigenvalue weighted by molar-refractivity contribution is 0.0203. The molecular weight excluding hydrogens is 507 g/mol. The van der Waals surface area contributed by atoms with Crippen LogP contribution in [0.3, 0.4) is 0 Å². The molecule has 1 amide bonds. The Bertz CT molecular complexity index is 1310. The predicted molar refractivity (Wildman–Crippen MR) is 134 cm³/mol. The van der Waals surface area contributed by atoms with Crippen LogP contribution < -0.4 is 4.72 Å². The maximum Gasteiger partial charge on any atom is 0.410 e. The number of carbonyl (C=O) groups excluding carboxylic acids is 1. The van der Waals surface area contributed by atoms with Crippen LogP contribution in [0, 0.1) is 5.82 Å². The summed E-state index contributed by atoms with van der Waals surface area (Å²) in [5, 5.41) is 0. The molecule has 36 heavy (non-hydrogen) atoms. The van der Waals surface area contributed by atoms with Crippen molar-refractivity contribution in [3.63, 3.8) is 0 Å². The summed E-state index contributed by atoms with van der Waals surface area (Å²) in [6.07, 6.45) is 0.344. The molecule has 2 aromatic carbocycles. The molecule has 3 rings (SSSR count). The fourth-order valence-corrected chi connectivity index (χ4v) is 6.99. The van der Waals surface area contributed by atoms with Crippen LogP contribution in [0.5, 0.6) is 0 Å². The second-order valence-corrected chi connectivity index (χ2v) is 13.8. The van der Waals surface area contributed by atoms with Gasteiger partial charge in [-0.05, 0) is 81.5 Å². The topological polar surface area (TPSA) is 110 Å². The largest absolute Gasteiger partial charge is 0.444 e. The maximum atomic E-state index is 13.4. The number of sulfonamides is 1. The summed E-state index contributed by atoms with van der Waals surface area (Å²) >= 11 is 0. The summed E-state index contributed by atoms with van der Waals surface area (Å²) in [6, 6.07) is 7.97. The van der Waals surface area contributed by atoms with Gasteiger partial charge in [-0.1, -0.05) is 19.9 Å². The standard InChI is InChI=1S/C25H33FN2O6S2/c1-17(2)22-11-10-21(35(30,31)20-8-6-18(26)7-9-20)16-23(22)36(32,33)27-19-12-14-28(15-13-19)24(29)34-25(3,4)5/h6-11,16-17,19,27H,12-15H2,1-5H3. The molecule has 11 heteroatoms. The molecule has 0 radical (unpaired) electrons. The number of ether oxygens (including phenoxy) is 1. The van der Waals surface area contributed by atoms with Crippen LogP contribution in [-0.4, -0.2) is 52.6 Å². The Morgan fingerprint density at radius 3 is 2.08 bits per heavy atom. The van der Waals surface area contributed by atoms with Gasteiger partial charge in [0.05, 0.1) is 14.7 Å². The van der Waals surface area contributed by atoms with Crippen molar-refractivity contribution in [2.24, 2.45) is 0 Å². The first-order valence-electron chi connectivity index (χ1n) is 11.7. The molecule has 1 aliphatic heterocycles. The zero-order valence-corrected chi connectivity index (χ0v) is 22.7. The van der Waals surface area contributed by atoms with E-state index in [1.54, 1.807) is 25.7 Å². The van der Waals surface area contributed by atoms with E-state index in [0.29, 0.717) is 31.5 Å². The van der Waals surface area contributed by atoms with Gasteiger partial charge >= 0.3 is 6.09 Å². The molecule has 8 nitrogen and oxygen atoms in total. The minimum atomic E-state index is -4.08. The van der Waals surface area contributed by atoms with Crippen molar-refractivity contribution in [1.29, 1.82) is 0 Å². The number of hydrogen-bond donors (Lipinski definition) is 1. The van der Waals surface area contributed by atoms with Crippen molar-refractivity contribution in [3.8, 4) is 0 Å². The van der Waals surface area contributed by atoms with Crippen LogP contribution in [-0.2, 0) is 24.6 Å². The molecule has 0 saturated carbocycles. The third kappa shape index (κ3) is 6.63. The molecule has 0 bridgehead atoms. The smallest absolute Gasteiger partial charge is 0.410 e. The second-order valence-electron chi connectivity index (χ2n) is 10.2. The number of halogens is 1. The molecule has 0 atom stereocenters. The summed E-state index contributed by atoms with van der Waals surface area (Å²) < 4.78 is 74.4. The number of rotatable bonds is 6. The molecule has 1 fully saturated rings. The molecule has 1 N–H and O–H groups in total. The number of piperidine rings is 1. The van der Waals surface area contributed by atoms with Gasteiger partial charge in [0, 0.05) is 19.1 Å². The van der Waals surface area contributed by atoms with Crippen molar-refractivity contribution in [1.82, 2.24) is 9.62 Å². The highest BCUT2D eigenvalue weighted by molar-refractivity contribution is 7.91. The summed E-state index contributed by atoms with van der Waals surface area (Å²) in [5.41, 5.74) is -0.145. The fourth-order valence-electron chi connectivity index (χ4n) is 3.93. The van der Waals surface area contributed by atoms with E-state index in [1.807, 2.05) is 13.8 Å². The summed E-state index contributed by atoms with van der Waals surface area (Å²) in [5.74, 6) is -0.762. The van der Waals surface area contributed by atoms with Crippen molar-refractivity contribution in [2.75, 3.05) is 13.1 Å². The van der Waals surface area contributed by atoms with Gasteiger partial charge in [-0.2, -0.15) is 0 Å². The molecule has 0 aliphatic carbocycles. The Labute approximate surface area is 212 Å². The van der Waals surface area contributed by atoms with Gasteiger partial charge in [0.25, 0.3) is 0 Å². The highest BCUT2D eigenvalue weighted by atomic mass is 32.2. The Morgan fingerprint density at radius 2 is 1.56 bits per heavy atom. The molecule has 1 aliphatic rings. The molecule has 0 spiro atoms. The molecule has 2 aromatic rings. The van der Waals surface area contributed by atoms with Gasteiger partial charge in [-0.15, -0.1) is 0 Å². The fraction of sp³-hybridized carbons (Fsp3) is 0.480. The van der Waals surface area contributed by atoms with E-state index in [-0.39, 0.29) is 20.6 Å². The van der Waals surface area contributed by atoms with E-state index in [2.05, 4.69) is 4.72 Å². The molecule has 1 saturated heterocycles. The van der Waals surface area contributed by atoms with Crippen molar-refractivity contribution in [3.05, 3.63) is 53.8 Å². The monoisotopic (exact) mass is 540 g/mol. The van der Waals surface area contributed by atoms with Crippen molar-refractivity contribution < 1.29 is 30.8 Å². The lowest BCUT2D eigenvalue weighted by atomic mass is 10.0. The Balaban J connectivity index is 1.84. The number of likely N-dealkylation sites (tertiary alicyclic amines) is 1. The van der Waals surface area contributed by atoms with E-state index in [1.165, 1.54) is 12.1 Å². The number of nitrogens with one attached hydrogen (secondary N) is 1. The Morgan fingerprint density at radius 1 is 1.00 bits per heavy atom. The normalized spacial score (nSPS) is 15.8. The number of carbonyl (C=O) groups is 1. The molecule has 198 valence electrons. The summed E-state index contributed by atoms with van der Waals surface area (Å²) in [6.45, 7) is 9.65. The van der Waals surface area contributed by atoms with Gasteiger partial charge < -0.3 is 9.64 Å². The highest BCUT2D eigenvalue weighted by Crippen LogP contribution is 2.30. The third-order valence-electron chi connectivity index (χ3n) is 5.80. The zero-order chi connectivity index (χ0) is 26.9. The van der Waals surface area contributed by atoms with Crippen LogP contribution in [0.4, 0.5) is 9.18 Å². The Hall–Kier alpha value is -2.50. The lowest BCUT2D eigenvalue weighted by Gasteiger charge is -2.33. The van der Waals surface area contributed by atoms with E-state index in [9.17, 15) is 26.0 Å². The first-order chi connectivity index (χ1) is 16.6. The van der Waals surface area contributed by atoms with Gasteiger partial charge in [-0.25, -0.2) is 30.7 Å². The van der Waals surface area contributed by atoms with Crippen molar-refractivity contribution >= 4 is 26.0 Å². The maximum absolute atomic E-state index is 13.4. The Kier molecular flexibility index (Phi) is 8.17. The third-order valence-corrected chi connectivity index (χ3v) is 9.14. The second kappa shape index (κ2) is 10.5. The number of sulfone groups is 1.